The van der Waals surface area contributed by atoms with E-state index >= 15 is 0 Å². The Balaban J connectivity index is 1.47. The largest absolute Gasteiger partial charge is 0.493 e. The van der Waals surface area contributed by atoms with E-state index in [0.29, 0.717) is 6.04 Å². The van der Waals surface area contributed by atoms with Gasteiger partial charge in [0.05, 0.1) is 6.61 Å². The minimum atomic E-state index is 0.412. The molecule has 0 saturated heterocycles. The molecule has 1 heterocycles. The number of benzene rings is 2. The molecule has 0 amide bonds. The standard InChI is InChI=1S/C19H24N2O/c1-21(15-16-7-3-2-4-8-16)13-12-20-18-11-14-22-19-10-6-5-9-17(18)19/h2-10,18,20H,11-15H2,1H3/t18-/m0/s1. The Morgan fingerprint density at radius 2 is 1.86 bits per heavy atom. The molecule has 1 aliphatic heterocycles. The lowest BCUT2D eigenvalue weighted by molar-refractivity contribution is 0.245. The topological polar surface area (TPSA) is 24.5 Å². The van der Waals surface area contributed by atoms with Gasteiger partial charge in [-0.05, 0) is 18.7 Å². The fourth-order valence-electron chi connectivity index (χ4n) is 2.96. The summed E-state index contributed by atoms with van der Waals surface area (Å²) in [5.74, 6) is 1.03. The lowest BCUT2D eigenvalue weighted by Gasteiger charge is -2.27. The molecular weight excluding hydrogens is 272 g/mol. The molecule has 0 aromatic heterocycles. The van der Waals surface area contributed by atoms with E-state index in [2.05, 4.69) is 65.8 Å². The summed E-state index contributed by atoms with van der Waals surface area (Å²) in [6.07, 6.45) is 1.04. The van der Waals surface area contributed by atoms with Crippen molar-refractivity contribution in [2.75, 3.05) is 26.7 Å². The van der Waals surface area contributed by atoms with Gasteiger partial charge in [0.1, 0.15) is 5.75 Å². The molecule has 3 nitrogen and oxygen atoms in total. The lowest BCUT2D eigenvalue weighted by atomic mass is 10.0. The van der Waals surface area contributed by atoms with Crippen molar-refractivity contribution in [2.45, 2.75) is 19.0 Å². The highest BCUT2D eigenvalue weighted by atomic mass is 16.5. The van der Waals surface area contributed by atoms with Crippen molar-refractivity contribution in [1.82, 2.24) is 10.2 Å². The van der Waals surface area contributed by atoms with E-state index in [1.54, 1.807) is 0 Å². The average molecular weight is 296 g/mol. The van der Waals surface area contributed by atoms with Gasteiger partial charge >= 0.3 is 0 Å². The molecule has 3 heteroatoms. The molecule has 2 aromatic carbocycles. The fourth-order valence-corrected chi connectivity index (χ4v) is 2.96. The first-order valence-electron chi connectivity index (χ1n) is 8.00. The highest BCUT2D eigenvalue weighted by Gasteiger charge is 2.20. The summed E-state index contributed by atoms with van der Waals surface area (Å²) in [6, 6.07) is 19.4. The first kappa shape index (κ1) is 15.1. The molecule has 1 aliphatic rings. The van der Waals surface area contributed by atoms with Crippen molar-refractivity contribution in [1.29, 1.82) is 0 Å². The maximum Gasteiger partial charge on any atom is 0.124 e. The molecule has 0 unspecified atom stereocenters. The number of rotatable bonds is 6. The molecule has 116 valence electrons. The van der Waals surface area contributed by atoms with E-state index in [4.69, 9.17) is 4.74 Å². The molecular formula is C19H24N2O. The van der Waals surface area contributed by atoms with Crippen LogP contribution in [0.2, 0.25) is 0 Å². The van der Waals surface area contributed by atoms with E-state index in [1.165, 1.54) is 11.1 Å². The molecule has 1 atom stereocenters. The lowest BCUT2D eigenvalue weighted by Crippen LogP contribution is -2.33. The van der Waals surface area contributed by atoms with Gasteiger partial charge in [0, 0.05) is 37.7 Å². The Hall–Kier alpha value is -1.84. The third-order valence-corrected chi connectivity index (χ3v) is 4.14. The Kier molecular flexibility index (Phi) is 5.09. The molecule has 22 heavy (non-hydrogen) atoms. The molecule has 0 fully saturated rings. The van der Waals surface area contributed by atoms with Crippen LogP contribution in [0.1, 0.15) is 23.6 Å². The number of nitrogens with zero attached hydrogens (tertiary/aromatic N) is 1. The zero-order valence-corrected chi connectivity index (χ0v) is 13.2. The van der Waals surface area contributed by atoms with Crippen LogP contribution < -0.4 is 10.1 Å². The highest BCUT2D eigenvalue weighted by molar-refractivity contribution is 5.37. The number of hydrogen-bond donors (Lipinski definition) is 1. The second kappa shape index (κ2) is 7.43. The Labute approximate surface area is 132 Å². The van der Waals surface area contributed by atoms with Gasteiger partial charge in [-0.3, -0.25) is 0 Å². The second-order valence-electron chi connectivity index (χ2n) is 5.91. The van der Waals surface area contributed by atoms with Crippen LogP contribution in [0, 0.1) is 0 Å². The van der Waals surface area contributed by atoms with Crippen LogP contribution in [0.25, 0.3) is 0 Å². The maximum absolute atomic E-state index is 5.71. The van der Waals surface area contributed by atoms with Crippen molar-refractivity contribution in [3.8, 4) is 5.75 Å². The smallest absolute Gasteiger partial charge is 0.124 e. The van der Waals surface area contributed by atoms with Crippen molar-refractivity contribution in [2.24, 2.45) is 0 Å². The van der Waals surface area contributed by atoms with E-state index in [-0.39, 0.29) is 0 Å². The van der Waals surface area contributed by atoms with Crippen LogP contribution in [0.15, 0.2) is 54.6 Å². The fraction of sp³-hybridized carbons (Fsp3) is 0.368. The van der Waals surface area contributed by atoms with Gasteiger partial charge in [0.25, 0.3) is 0 Å². The second-order valence-corrected chi connectivity index (χ2v) is 5.91. The Bertz CT molecular complexity index is 585. The summed E-state index contributed by atoms with van der Waals surface area (Å²) in [7, 11) is 2.17. The monoisotopic (exact) mass is 296 g/mol. The van der Waals surface area contributed by atoms with Crippen molar-refractivity contribution >= 4 is 0 Å². The van der Waals surface area contributed by atoms with Crippen molar-refractivity contribution in [3.63, 3.8) is 0 Å². The third-order valence-electron chi connectivity index (χ3n) is 4.14. The first-order chi connectivity index (χ1) is 10.8. The van der Waals surface area contributed by atoms with E-state index in [9.17, 15) is 0 Å². The molecule has 0 spiro atoms. The normalized spacial score (nSPS) is 17.1. The maximum atomic E-state index is 5.71. The number of para-hydroxylation sites is 1. The zero-order valence-electron chi connectivity index (χ0n) is 13.2. The third kappa shape index (κ3) is 3.87. The summed E-state index contributed by atoms with van der Waals surface area (Å²) in [5.41, 5.74) is 2.65. The van der Waals surface area contributed by atoms with Gasteiger partial charge in [-0.1, -0.05) is 48.5 Å². The average Bonchev–Trinajstić information content (AvgIpc) is 2.56. The molecule has 0 aliphatic carbocycles. The summed E-state index contributed by atoms with van der Waals surface area (Å²) in [4.78, 5) is 2.35. The minimum Gasteiger partial charge on any atom is -0.493 e. The summed E-state index contributed by atoms with van der Waals surface area (Å²) >= 11 is 0. The van der Waals surface area contributed by atoms with Gasteiger partial charge in [-0.15, -0.1) is 0 Å². The van der Waals surface area contributed by atoms with E-state index < -0.39 is 0 Å². The minimum absolute atomic E-state index is 0.412. The van der Waals surface area contributed by atoms with E-state index in [1.807, 2.05) is 6.07 Å². The Morgan fingerprint density at radius 1 is 1.09 bits per heavy atom. The Morgan fingerprint density at radius 3 is 2.73 bits per heavy atom. The first-order valence-corrected chi connectivity index (χ1v) is 8.00. The molecule has 2 aromatic rings. The van der Waals surface area contributed by atoms with Crippen molar-refractivity contribution in [3.05, 3.63) is 65.7 Å². The summed E-state index contributed by atoms with van der Waals surface area (Å²) in [5, 5.41) is 3.67. The zero-order chi connectivity index (χ0) is 15.2. The van der Waals surface area contributed by atoms with Gasteiger partial charge in [-0.25, -0.2) is 0 Å². The molecule has 0 saturated carbocycles. The quantitative estimate of drug-likeness (QED) is 0.885. The van der Waals surface area contributed by atoms with Gasteiger partial charge < -0.3 is 15.0 Å². The molecule has 0 bridgehead atoms. The molecule has 0 radical (unpaired) electrons. The number of hydrogen-bond acceptors (Lipinski definition) is 3. The van der Waals surface area contributed by atoms with Crippen LogP contribution in [0.5, 0.6) is 5.75 Å². The summed E-state index contributed by atoms with van der Waals surface area (Å²) in [6.45, 7) is 3.82. The van der Waals surface area contributed by atoms with Crippen LogP contribution in [0.3, 0.4) is 0 Å². The SMILES string of the molecule is CN(CCN[C@H]1CCOc2ccccc21)Cc1ccccc1. The predicted molar refractivity (Wildman–Crippen MR) is 90.1 cm³/mol. The van der Waals surface area contributed by atoms with Gasteiger partial charge in [0.15, 0.2) is 0 Å². The highest BCUT2D eigenvalue weighted by Crippen LogP contribution is 2.31. The number of ether oxygens (including phenoxy) is 1. The number of fused-ring (bicyclic) bond motifs is 1. The predicted octanol–water partition coefficient (Wildman–Crippen LogP) is 3.23. The van der Waals surface area contributed by atoms with Gasteiger partial charge in [0.2, 0.25) is 0 Å². The number of nitrogens with one attached hydrogen (secondary N) is 1. The molecule has 1 N–H and O–H groups in total. The van der Waals surface area contributed by atoms with Crippen LogP contribution in [-0.4, -0.2) is 31.6 Å². The van der Waals surface area contributed by atoms with Gasteiger partial charge in [-0.2, -0.15) is 0 Å². The molecule has 3 rings (SSSR count). The summed E-state index contributed by atoms with van der Waals surface area (Å²) < 4.78 is 5.71. The van der Waals surface area contributed by atoms with Crippen LogP contribution in [0.4, 0.5) is 0 Å². The van der Waals surface area contributed by atoms with Crippen molar-refractivity contribution < 1.29 is 4.74 Å². The van der Waals surface area contributed by atoms with E-state index in [0.717, 1.165) is 38.4 Å². The van der Waals surface area contributed by atoms with Crippen LogP contribution >= 0.6 is 0 Å². The number of likely N-dealkylation sites (N-methyl/N-ethyl adjacent to an activating group) is 1. The van der Waals surface area contributed by atoms with Crippen LogP contribution in [-0.2, 0) is 6.54 Å².